The van der Waals surface area contributed by atoms with E-state index in [9.17, 15) is 24.8 Å². The van der Waals surface area contributed by atoms with Crippen LogP contribution in [0.3, 0.4) is 0 Å². The van der Waals surface area contributed by atoms with Crippen LogP contribution in [0.5, 0.6) is 0 Å². The molecule has 1 heterocycles. The Labute approximate surface area is 134 Å². The van der Waals surface area contributed by atoms with Gasteiger partial charge in [-0.1, -0.05) is 18.2 Å². The van der Waals surface area contributed by atoms with Gasteiger partial charge in [-0.05, 0) is 17.5 Å². The third kappa shape index (κ3) is 4.34. The van der Waals surface area contributed by atoms with Crippen molar-refractivity contribution in [1.82, 2.24) is 5.32 Å². The molecule has 0 saturated heterocycles. The van der Waals surface area contributed by atoms with Gasteiger partial charge < -0.3 is 15.7 Å². The molecule has 1 unspecified atom stereocenters. The number of hydrogen-bond donors (Lipinski definition) is 3. The van der Waals surface area contributed by atoms with Gasteiger partial charge in [-0.15, -0.1) is 11.3 Å². The van der Waals surface area contributed by atoms with Crippen LogP contribution in [0.1, 0.15) is 11.0 Å². The van der Waals surface area contributed by atoms with Crippen molar-refractivity contribution in [2.45, 2.75) is 6.10 Å². The molecular weight excluding hydrogens is 322 g/mol. The van der Waals surface area contributed by atoms with Crippen LogP contribution < -0.4 is 10.6 Å². The van der Waals surface area contributed by atoms with E-state index in [4.69, 9.17) is 0 Å². The Morgan fingerprint density at radius 3 is 2.61 bits per heavy atom. The van der Waals surface area contributed by atoms with Crippen molar-refractivity contribution in [2.24, 2.45) is 0 Å². The summed E-state index contributed by atoms with van der Waals surface area (Å²) in [4.78, 5) is 34.3. The summed E-state index contributed by atoms with van der Waals surface area (Å²) in [6.07, 6.45) is -0.919. The molecule has 0 aliphatic heterocycles. The van der Waals surface area contributed by atoms with E-state index >= 15 is 0 Å². The molecule has 0 aliphatic rings. The summed E-state index contributed by atoms with van der Waals surface area (Å²) in [7, 11) is 0. The fraction of sp³-hybridized carbons (Fsp3) is 0.143. The maximum atomic E-state index is 11.8. The van der Waals surface area contributed by atoms with E-state index in [0.717, 1.165) is 0 Å². The average molecular weight is 335 g/mol. The predicted octanol–water partition coefficient (Wildman–Crippen LogP) is 1.44. The van der Waals surface area contributed by atoms with E-state index < -0.39 is 22.8 Å². The topological polar surface area (TPSA) is 122 Å². The number of carbonyl (C=O) groups is 2. The molecule has 8 nitrogen and oxygen atoms in total. The first-order valence-corrected chi connectivity index (χ1v) is 7.41. The standard InChI is InChI=1S/C14H13N3O5S/c18-11(12-6-3-7-23-12)8-15-13(19)14(20)16-9-4-1-2-5-10(9)17(21)22/h1-7,11,18H,8H2,(H,15,19)(H,16,20). The van der Waals surface area contributed by atoms with E-state index in [2.05, 4.69) is 10.6 Å². The molecule has 0 spiro atoms. The number of aliphatic hydroxyl groups excluding tert-OH is 1. The van der Waals surface area contributed by atoms with Gasteiger partial charge in [0.2, 0.25) is 0 Å². The Morgan fingerprint density at radius 1 is 1.22 bits per heavy atom. The second kappa shape index (κ2) is 7.47. The Bertz CT molecular complexity index is 717. The van der Waals surface area contributed by atoms with Gasteiger partial charge in [-0.3, -0.25) is 19.7 Å². The third-order valence-electron chi connectivity index (χ3n) is 2.88. The molecular formula is C14H13N3O5S. The number of nitrogens with zero attached hydrogens (tertiary/aromatic N) is 1. The molecule has 3 N–H and O–H groups in total. The number of nitro benzene ring substituents is 1. The summed E-state index contributed by atoms with van der Waals surface area (Å²) in [5.41, 5.74) is -0.385. The van der Waals surface area contributed by atoms with Crippen LogP contribution in [0.15, 0.2) is 41.8 Å². The molecule has 0 radical (unpaired) electrons. The normalized spacial score (nSPS) is 11.5. The summed E-state index contributed by atoms with van der Waals surface area (Å²) < 4.78 is 0. The lowest BCUT2D eigenvalue weighted by Crippen LogP contribution is -2.37. The van der Waals surface area contributed by atoms with Crippen LogP contribution in [0.2, 0.25) is 0 Å². The molecule has 2 aromatic rings. The summed E-state index contributed by atoms with van der Waals surface area (Å²) in [5.74, 6) is -2.03. The minimum absolute atomic E-state index is 0.0727. The molecule has 1 aromatic heterocycles. The summed E-state index contributed by atoms with van der Waals surface area (Å²) in [5, 5.41) is 26.9. The van der Waals surface area contributed by atoms with Crippen molar-refractivity contribution in [3.05, 3.63) is 56.8 Å². The highest BCUT2D eigenvalue weighted by Crippen LogP contribution is 2.23. The van der Waals surface area contributed by atoms with Gasteiger partial charge in [0.15, 0.2) is 0 Å². The first-order chi connectivity index (χ1) is 11.0. The van der Waals surface area contributed by atoms with Crippen LogP contribution in [0.4, 0.5) is 11.4 Å². The summed E-state index contributed by atoms with van der Waals surface area (Å²) in [6.45, 7) is -0.135. The second-order valence-corrected chi connectivity index (χ2v) is 5.45. The minimum atomic E-state index is -1.04. The number of nitrogens with one attached hydrogen (secondary N) is 2. The number of amides is 2. The number of carbonyl (C=O) groups excluding carboxylic acids is 2. The number of nitro groups is 1. The van der Waals surface area contributed by atoms with Gasteiger partial charge in [-0.25, -0.2) is 0 Å². The van der Waals surface area contributed by atoms with Crippen molar-refractivity contribution < 1.29 is 19.6 Å². The number of hydrogen-bond acceptors (Lipinski definition) is 6. The predicted molar refractivity (Wildman–Crippen MR) is 84.0 cm³/mol. The lowest BCUT2D eigenvalue weighted by molar-refractivity contribution is -0.383. The minimum Gasteiger partial charge on any atom is -0.386 e. The van der Waals surface area contributed by atoms with Gasteiger partial charge in [0, 0.05) is 17.5 Å². The Morgan fingerprint density at radius 2 is 1.96 bits per heavy atom. The molecule has 1 aromatic carbocycles. The highest BCUT2D eigenvalue weighted by Gasteiger charge is 2.20. The third-order valence-corrected chi connectivity index (χ3v) is 3.86. The van der Waals surface area contributed by atoms with Crippen molar-refractivity contribution in [1.29, 1.82) is 0 Å². The summed E-state index contributed by atoms with van der Waals surface area (Å²) in [6, 6.07) is 8.95. The lowest BCUT2D eigenvalue weighted by atomic mass is 10.2. The number of thiophene rings is 1. The number of benzene rings is 1. The number of anilines is 1. The fourth-order valence-corrected chi connectivity index (χ4v) is 2.48. The lowest BCUT2D eigenvalue weighted by Gasteiger charge is -2.10. The van der Waals surface area contributed by atoms with Crippen LogP contribution in [-0.2, 0) is 9.59 Å². The zero-order valence-electron chi connectivity index (χ0n) is 11.8. The molecule has 2 amide bonds. The van der Waals surface area contributed by atoms with Crippen LogP contribution in [0, 0.1) is 10.1 Å². The summed E-state index contributed by atoms with van der Waals surface area (Å²) >= 11 is 1.32. The quantitative estimate of drug-likeness (QED) is 0.434. The van der Waals surface area contributed by atoms with Crippen molar-refractivity contribution in [3.8, 4) is 0 Å². The van der Waals surface area contributed by atoms with Crippen molar-refractivity contribution in [3.63, 3.8) is 0 Å². The molecule has 9 heteroatoms. The van der Waals surface area contributed by atoms with E-state index in [-0.39, 0.29) is 17.9 Å². The van der Waals surface area contributed by atoms with Gasteiger partial charge >= 0.3 is 11.8 Å². The molecule has 0 bridgehead atoms. The zero-order chi connectivity index (χ0) is 16.8. The highest BCUT2D eigenvalue weighted by atomic mass is 32.1. The average Bonchev–Trinajstić information content (AvgIpc) is 3.07. The molecule has 23 heavy (non-hydrogen) atoms. The maximum Gasteiger partial charge on any atom is 0.313 e. The van der Waals surface area contributed by atoms with Crippen LogP contribution >= 0.6 is 11.3 Å². The Balaban J connectivity index is 1.93. The second-order valence-electron chi connectivity index (χ2n) is 4.47. The fourth-order valence-electron chi connectivity index (χ4n) is 1.77. The Kier molecular flexibility index (Phi) is 5.39. The molecule has 0 aliphatic carbocycles. The number of aliphatic hydroxyl groups is 1. The smallest absolute Gasteiger partial charge is 0.313 e. The highest BCUT2D eigenvalue weighted by molar-refractivity contribution is 7.10. The van der Waals surface area contributed by atoms with Gasteiger partial charge in [-0.2, -0.15) is 0 Å². The van der Waals surface area contributed by atoms with Crippen LogP contribution in [-0.4, -0.2) is 28.4 Å². The number of para-hydroxylation sites is 2. The molecule has 1 atom stereocenters. The molecule has 0 saturated carbocycles. The van der Waals surface area contributed by atoms with E-state index in [1.165, 1.54) is 35.6 Å². The van der Waals surface area contributed by atoms with Gasteiger partial charge in [0.1, 0.15) is 11.8 Å². The van der Waals surface area contributed by atoms with E-state index in [1.807, 2.05) is 0 Å². The van der Waals surface area contributed by atoms with E-state index in [1.54, 1.807) is 17.5 Å². The molecule has 2 rings (SSSR count). The maximum absolute atomic E-state index is 11.8. The SMILES string of the molecule is O=C(NCC(O)c1cccs1)C(=O)Nc1ccccc1[N+](=O)[O-]. The molecule has 120 valence electrons. The first-order valence-electron chi connectivity index (χ1n) is 6.53. The zero-order valence-corrected chi connectivity index (χ0v) is 12.6. The van der Waals surface area contributed by atoms with Crippen molar-refractivity contribution >= 4 is 34.5 Å². The molecule has 0 fully saturated rings. The van der Waals surface area contributed by atoms with Crippen LogP contribution in [0.25, 0.3) is 0 Å². The Hall–Kier alpha value is -2.78. The monoisotopic (exact) mass is 335 g/mol. The number of rotatable bonds is 5. The first kappa shape index (κ1) is 16.6. The van der Waals surface area contributed by atoms with Gasteiger partial charge in [0.25, 0.3) is 5.69 Å². The van der Waals surface area contributed by atoms with Crippen molar-refractivity contribution in [2.75, 3.05) is 11.9 Å². The van der Waals surface area contributed by atoms with E-state index in [0.29, 0.717) is 4.88 Å². The largest absolute Gasteiger partial charge is 0.386 e. The van der Waals surface area contributed by atoms with Gasteiger partial charge in [0.05, 0.1) is 4.92 Å².